The zero-order valence-electron chi connectivity index (χ0n) is 11.6. The van der Waals surface area contributed by atoms with Crippen LogP contribution in [0.3, 0.4) is 0 Å². The average molecular weight is 323 g/mol. The predicted octanol–water partition coefficient (Wildman–Crippen LogP) is 3.57. The Morgan fingerprint density at radius 2 is 1.95 bits per heavy atom. The van der Waals surface area contributed by atoms with Gasteiger partial charge in [-0.15, -0.1) is 0 Å². The number of halogens is 1. The Bertz CT molecular complexity index is 434. The molecule has 0 aromatic heterocycles. The van der Waals surface area contributed by atoms with Crippen molar-refractivity contribution in [3.8, 4) is 0 Å². The van der Waals surface area contributed by atoms with Gasteiger partial charge in [0, 0.05) is 29.6 Å². The molecule has 104 valence electrons. The molecule has 3 heteroatoms. The lowest BCUT2D eigenvalue weighted by atomic mass is 9.99. The number of nitrogens with zero attached hydrogens (tertiary/aromatic N) is 1. The van der Waals surface area contributed by atoms with Crippen molar-refractivity contribution < 1.29 is 0 Å². The van der Waals surface area contributed by atoms with Crippen molar-refractivity contribution in [2.24, 2.45) is 17.6 Å². The SMILES string of the molecule is CC(N)C(c1cccc(Br)c1)N1CC2CCCC2C1. The Morgan fingerprint density at radius 1 is 1.26 bits per heavy atom. The van der Waals surface area contributed by atoms with Crippen molar-refractivity contribution in [1.29, 1.82) is 0 Å². The molecule has 1 aromatic rings. The summed E-state index contributed by atoms with van der Waals surface area (Å²) in [6.45, 7) is 4.62. The van der Waals surface area contributed by atoms with Crippen LogP contribution in [0.4, 0.5) is 0 Å². The van der Waals surface area contributed by atoms with Gasteiger partial charge in [-0.05, 0) is 49.3 Å². The smallest absolute Gasteiger partial charge is 0.0497 e. The number of fused-ring (bicyclic) bond motifs is 1. The lowest BCUT2D eigenvalue weighted by molar-refractivity contribution is 0.203. The maximum Gasteiger partial charge on any atom is 0.0497 e. The lowest BCUT2D eigenvalue weighted by Gasteiger charge is -2.32. The number of benzene rings is 1. The van der Waals surface area contributed by atoms with Gasteiger partial charge in [-0.25, -0.2) is 0 Å². The Kier molecular flexibility index (Phi) is 3.97. The highest BCUT2D eigenvalue weighted by molar-refractivity contribution is 9.10. The van der Waals surface area contributed by atoms with E-state index in [-0.39, 0.29) is 6.04 Å². The third-order valence-electron chi connectivity index (χ3n) is 4.84. The predicted molar refractivity (Wildman–Crippen MR) is 82.9 cm³/mol. The third kappa shape index (κ3) is 2.74. The van der Waals surface area contributed by atoms with Crippen molar-refractivity contribution >= 4 is 15.9 Å². The first-order valence-electron chi connectivity index (χ1n) is 7.40. The molecule has 0 amide bonds. The van der Waals surface area contributed by atoms with Crippen molar-refractivity contribution in [3.05, 3.63) is 34.3 Å². The van der Waals surface area contributed by atoms with E-state index in [1.807, 2.05) is 0 Å². The molecule has 1 aliphatic carbocycles. The highest BCUT2D eigenvalue weighted by atomic mass is 79.9. The molecule has 2 fully saturated rings. The maximum absolute atomic E-state index is 6.29. The van der Waals surface area contributed by atoms with Crippen LogP contribution in [-0.2, 0) is 0 Å². The average Bonchev–Trinajstić information content (AvgIpc) is 2.89. The van der Waals surface area contributed by atoms with Crippen LogP contribution in [0.1, 0.15) is 37.8 Å². The Labute approximate surface area is 124 Å². The fourth-order valence-electron chi connectivity index (χ4n) is 4.04. The van der Waals surface area contributed by atoms with Gasteiger partial charge in [-0.3, -0.25) is 4.90 Å². The third-order valence-corrected chi connectivity index (χ3v) is 5.33. The zero-order valence-corrected chi connectivity index (χ0v) is 13.1. The molecule has 2 nitrogen and oxygen atoms in total. The van der Waals surface area contributed by atoms with Gasteiger partial charge >= 0.3 is 0 Å². The van der Waals surface area contributed by atoms with E-state index >= 15 is 0 Å². The molecule has 0 bridgehead atoms. The standard InChI is InChI=1S/C16H23BrN2/c1-11(18)16(12-4-3-7-15(17)8-12)19-9-13-5-2-6-14(13)10-19/h3-4,7-8,11,13-14,16H,2,5-6,9-10,18H2,1H3. The molecule has 19 heavy (non-hydrogen) atoms. The van der Waals surface area contributed by atoms with Gasteiger partial charge < -0.3 is 5.73 Å². The van der Waals surface area contributed by atoms with Crippen molar-refractivity contribution in [2.45, 2.75) is 38.3 Å². The van der Waals surface area contributed by atoms with E-state index in [1.165, 1.54) is 37.9 Å². The topological polar surface area (TPSA) is 29.3 Å². The van der Waals surface area contributed by atoms with E-state index in [1.54, 1.807) is 0 Å². The first-order valence-corrected chi connectivity index (χ1v) is 8.19. The van der Waals surface area contributed by atoms with Crippen LogP contribution in [0.5, 0.6) is 0 Å². The van der Waals surface area contributed by atoms with E-state index in [0.717, 1.165) is 16.3 Å². The number of nitrogens with two attached hydrogens (primary N) is 1. The number of hydrogen-bond acceptors (Lipinski definition) is 2. The second kappa shape index (κ2) is 5.55. The number of hydrogen-bond donors (Lipinski definition) is 1. The minimum atomic E-state index is 0.174. The minimum absolute atomic E-state index is 0.174. The van der Waals surface area contributed by atoms with E-state index in [4.69, 9.17) is 5.73 Å². The van der Waals surface area contributed by atoms with E-state index in [9.17, 15) is 0 Å². The van der Waals surface area contributed by atoms with Crippen molar-refractivity contribution in [3.63, 3.8) is 0 Å². The normalized spacial score (nSPS) is 30.3. The van der Waals surface area contributed by atoms with Gasteiger partial charge in [-0.1, -0.05) is 34.5 Å². The zero-order chi connectivity index (χ0) is 13.4. The number of likely N-dealkylation sites (tertiary alicyclic amines) is 1. The van der Waals surface area contributed by atoms with Crippen molar-refractivity contribution in [1.82, 2.24) is 4.90 Å². The fraction of sp³-hybridized carbons (Fsp3) is 0.625. The first kappa shape index (κ1) is 13.6. The van der Waals surface area contributed by atoms with Gasteiger partial charge in [0.05, 0.1) is 0 Å². The highest BCUT2D eigenvalue weighted by Gasteiger charge is 2.39. The van der Waals surface area contributed by atoms with E-state index in [0.29, 0.717) is 6.04 Å². The summed E-state index contributed by atoms with van der Waals surface area (Å²) in [5.74, 6) is 1.85. The van der Waals surface area contributed by atoms with Crippen LogP contribution in [0.2, 0.25) is 0 Å². The van der Waals surface area contributed by atoms with Crippen LogP contribution >= 0.6 is 15.9 Å². The quantitative estimate of drug-likeness (QED) is 0.921. The minimum Gasteiger partial charge on any atom is -0.326 e. The summed E-state index contributed by atoms with van der Waals surface area (Å²) >= 11 is 3.58. The summed E-state index contributed by atoms with van der Waals surface area (Å²) in [6, 6.07) is 9.18. The summed E-state index contributed by atoms with van der Waals surface area (Å²) in [5.41, 5.74) is 7.64. The largest absolute Gasteiger partial charge is 0.326 e. The lowest BCUT2D eigenvalue weighted by Crippen LogP contribution is -2.38. The molecule has 1 heterocycles. The summed E-state index contributed by atoms with van der Waals surface area (Å²) in [5, 5.41) is 0. The van der Waals surface area contributed by atoms with Crippen LogP contribution in [0.25, 0.3) is 0 Å². The second-order valence-corrected chi connectivity index (χ2v) is 7.18. The summed E-state index contributed by atoms with van der Waals surface area (Å²) in [4.78, 5) is 2.63. The first-order chi connectivity index (χ1) is 9.15. The van der Waals surface area contributed by atoms with Gasteiger partial charge in [0.25, 0.3) is 0 Å². The molecule has 0 radical (unpaired) electrons. The van der Waals surface area contributed by atoms with Gasteiger partial charge in [0.15, 0.2) is 0 Å². The molecule has 4 unspecified atom stereocenters. The van der Waals surface area contributed by atoms with Gasteiger partial charge in [0.1, 0.15) is 0 Å². The molecule has 4 atom stereocenters. The summed E-state index contributed by atoms with van der Waals surface area (Å²) in [7, 11) is 0. The Balaban J connectivity index is 1.82. The van der Waals surface area contributed by atoms with Crippen LogP contribution in [0.15, 0.2) is 28.7 Å². The van der Waals surface area contributed by atoms with Crippen molar-refractivity contribution in [2.75, 3.05) is 13.1 Å². The number of rotatable bonds is 3. The van der Waals surface area contributed by atoms with Crippen LogP contribution in [-0.4, -0.2) is 24.0 Å². The van der Waals surface area contributed by atoms with Crippen LogP contribution in [0, 0.1) is 11.8 Å². The summed E-state index contributed by atoms with van der Waals surface area (Å²) < 4.78 is 1.15. The Morgan fingerprint density at radius 3 is 2.53 bits per heavy atom. The molecular weight excluding hydrogens is 300 g/mol. The molecule has 3 rings (SSSR count). The van der Waals surface area contributed by atoms with E-state index < -0.39 is 0 Å². The molecular formula is C16H23BrN2. The fourth-order valence-corrected chi connectivity index (χ4v) is 4.45. The van der Waals surface area contributed by atoms with Gasteiger partial charge in [0.2, 0.25) is 0 Å². The molecule has 1 saturated heterocycles. The molecule has 1 aromatic carbocycles. The van der Waals surface area contributed by atoms with Crippen LogP contribution < -0.4 is 5.73 Å². The monoisotopic (exact) mass is 322 g/mol. The Hall–Kier alpha value is -0.380. The van der Waals surface area contributed by atoms with E-state index in [2.05, 4.69) is 52.0 Å². The molecule has 2 aliphatic rings. The summed E-state index contributed by atoms with van der Waals surface area (Å²) in [6.07, 6.45) is 4.28. The second-order valence-electron chi connectivity index (χ2n) is 6.26. The molecule has 0 spiro atoms. The van der Waals surface area contributed by atoms with Gasteiger partial charge in [-0.2, -0.15) is 0 Å². The highest BCUT2D eigenvalue weighted by Crippen LogP contribution is 2.41. The maximum atomic E-state index is 6.29. The molecule has 1 aliphatic heterocycles. The molecule has 1 saturated carbocycles. The molecule has 2 N–H and O–H groups in total.